The van der Waals surface area contributed by atoms with Crippen molar-refractivity contribution in [2.75, 3.05) is 19.2 Å². The highest BCUT2D eigenvalue weighted by Gasteiger charge is 2.39. The van der Waals surface area contributed by atoms with Crippen LogP contribution in [-0.2, 0) is 19.1 Å². The lowest BCUT2D eigenvalue weighted by Crippen LogP contribution is -2.46. The van der Waals surface area contributed by atoms with Crippen molar-refractivity contribution >= 4 is 52.1 Å². The first-order valence-corrected chi connectivity index (χ1v) is 9.31. The second-order valence-electron chi connectivity index (χ2n) is 5.63. The zero-order valence-electron chi connectivity index (χ0n) is 14.9. The number of ketones is 1. The summed E-state index contributed by atoms with van der Waals surface area (Å²) in [6.07, 6.45) is 1.26. The minimum absolute atomic E-state index is 0.0111. The van der Waals surface area contributed by atoms with Gasteiger partial charge in [0.1, 0.15) is 5.71 Å². The number of hydrogen-bond acceptors (Lipinski definition) is 8. The van der Waals surface area contributed by atoms with Gasteiger partial charge < -0.3 is 9.47 Å². The first kappa shape index (κ1) is 19.8. The highest BCUT2D eigenvalue weighted by atomic mass is 35.5. The fourth-order valence-corrected chi connectivity index (χ4v) is 3.51. The number of halogens is 1. The van der Waals surface area contributed by atoms with Crippen LogP contribution >= 0.6 is 22.9 Å². The molecule has 1 atom stereocenters. The molecule has 1 aliphatic rings. The van der Waals surface area contributed by atoms with E-state index >= 15 is 0 Å². The van der Waals surface area contributed by atoms with Crippen LogP contribution in [0.4, 0.5) is 5.69 Å². The molecule has 9 heteroatoms. The number of hydrogen-bond donors (Lipinski definition) is 0. The molecule has 0 radical (unpaired) electrons. The smallest absolute Gasteiger partial charge is 0.336 e. The van der Waals surface area contributed by atoms with Crippen LogP contribution in [0.2, 0.25) is 5.02 Å². The minimum Gasteiger partial charge on any atom is -0.467 e. The van der Waals surface area contributed by atoms with Crippen molar-refractivity contribution in [3.8, 4) is 0 Å². The predicted molar refractivity (Wildman–Crippen MR) is 106 cm³/mol. The second-order valence-corrected chi connectivity index (χ2v) is 7.02. The van der Waals surface area contributed by atoms with Crippen molar-refractivity contribution in [3.05, 3.63) is 63.3 Å². The summed E-state index contributed by atoms with van der Waals surface area (Å²) in [4.78, 5) is 38.1. The largest absolute Gasteiger partial charge is 0.467 e. The lowest BCUT2D eigenvalue weighted by molar-refractivity contribution is -0.144. The Kier molecular flexibility index (Phi) is 5.91. The molecule has 28 heavy (non-hydrogen) atoms. The number of rotatable bonds is 5. The van der Waals surface area contributed by atoms with Gasteiger partial charge in [-0.3, -0.25) is 4.79 Å². The zero-order chi connectivity index (χ0) is 20.3. The van der Waals surface area contributed by atoms with Crippen LogP contribution in [0.5, 0.6) is 0 Å². The van der Waals surface area contributed by atoms with E-state index in [0.29, 0.717) is 15.6 Å². The Morgan fingerprint density at radius 1 is 1.14 bits per heavy atom. The summed E-state index contributed by atoms with van der Waals surface area (Å²) < 4.78 is 9.66. The first-order chi connectivity index (χ1) is 13.5. The summed E-state index contributed by atoms with van der Waals surface area (Å²) in [5, 5.41) is 7.73. The van der Waals surface area contributed by atoms with E-state index < -0.39 is 18.0 Å². The monoisotopic (exact) mass is 418 g/mol. The number of nitrogens with zero attached hydrogens (tertiary/aromatic N) is 2. The van der Waals surface area contributed by atoms with Crippen LogP contribution in [0.25, 0.3) is 0 Å². The number of anilines is 1. The molecule has 1 aromatic heterocycles. The predicted octanol–water partition coefficient (Wildman–Crippen LogP) is 3.10. The van der Waals surface area contributed by atoms with Crippen molar-refractivity contribution < 1.29 is 23.9 Å². The van der Waals surface area contributed by atoms with Gasteiger partial charge in [0.15, 0.2) is 6.04 Å². The van der Waals surface area contributed by atoms with Crippen molar-refractivity contribution in [2.24, 2.45) is 5.10 Å². The van der Waals surface area contributed by atoms with E-state index in [1.165, 1.54) is 36.6 Å². The fraction of sp³-hybridized carbons (Fsp3) is 0.158. The van der Waals surface area contributed by atoms with Crippen LogP contribution < -0.4 is 5.01 Å². The third kappa shape index (κ3) is 3.83. The van der Waals surface area contributed by atoms with Gasteiger partial charge in [-0.05, 0) is 35.7 Å². The topological polar surface area (TPSA) is 85.3 Å². The fourth-order valence-electron chi connectivity index (χ4n) is 2.66. The Bertz CT molecular complexity index is 984. The molecule has 0 N–H and O–H groups in total. The number of methoxy groups -OCH3 is 2. The van der Waals surface area contributed by atoms with Gasteiger partial charge in [0, 0.05) is 5.02 Å². The maximum absolute atomic E-state index is 12.8. The molecule has 7 nitrogen and oxygen atoms in total. The standard InChI is InChI=1S/C19H15ClN2O5S/c1-26-18(24)13-10-14(17(23)15-7-4-8-28-15)21-22(16(13)19(25)27-2)12-6-3-5-11(20)9-12/h3-10,16H,1-2H3/t16-/m0/s1. The second kappa shape index (κ2) is 8.37. The van der Waals surface area contributed by atoms with E-state index in [9.17, 15) is 14.4 Å². The SMILES string of the molecule is COC(=O)C1=CC(C(=O)c2cccs2)=NN(c2cccc(Cl)c2)[C@@H]1C(=O)OC. The number of esters is 2. The van der Waals surface area contributed by atoms with E-state index in [1.807, 2.05) is 0 Å². The van der Waals surface area contributed by atoms with Gasteiger partial charge in [0.05, 0.1) is 30.4 Å². The number of ether oxygens (including phenoxy) is 2. The highest BCUT2D eigenvalue weighted by molar-refractivity contribution is 7.13. The molecule has 1 aromatic carbocycles. The van der Waals surface area contributed by atoms with Crippen LogP contribution in [0.3, 0.4) is 0 Å². The Hall–Kier alpha value is -2.97. The molecule has 0 saturated heterocycles. The summed E-state index contributed by atoms with van der Waals surface area (Å²) >= 11 is 7.31. The molecule has 2 aromatic rings. The number of allylic oxidation sites excluding steroid dienone is 1. The van der Waals surface area contributed by atoms with Crippen molar-refractivity contribution in [1.82, 2.24) is 0 Å². The summed E-state index contributed by atoms with van der Waals surface area (Å²) in [6, 6.07) is 8.69. The minimum atomic E-state index is -1.23. The number of benzene rings is 1. The van der Waals surface area contributed by atoms with Crippen LogP contribution in [0.1, 0.15) is 9.67 Å². The van der Waals surface area contributed by atoms with Crippen molar-refractivity contribution in [3.63, 3.8) is 0 Å². The summed E-state index contributed by atoms with van der Waals surface area (Å²) in [5.41, 5.74) is 0.334. The molecule has 0 spiro atoms. The molecule has 0 unspecified atom stereocenters. The molecule has 2 heterocycles. The van der Waals surface area contributed by atoms with Crippen molar-refractivity contribution in [2.45, 2.75) is 6.04 Å². The molecule has 0 saturated carbocycles. The van der Waals surface area contributed by atoms with Gasteiger partial charge in [-0.15, -0.1) is 11.3 Å². The van der Waals surface area contributed by atoms with Gasteiger partial charge in [-0.2, -0.15) is 5.10 Å². The number of carbonyl (C=O) groups excluding carboxylic acids is 3. The third-order valence-electron chi connectivity index (χ3n) is 3.94. The van der Waals surface area contributed by atoms with Crippen LogP contribution in [0.15, 0.2) is 58.5 Å². The Morgan fingerprint density at radius 2 is 1.93 bits per heavy atom. The van der Waals surface area contributed by atoms with E-state index in [1.54, 1.807) is 41.8 Å². The van der Waals surface area contributed by atoms with Gasteiger partial charge in [0.2, 0.25) is 5.78 Å². The maximum atomic E-state index is 12.8. The quantitative estimate of drug-likeness (QED) is 0.548. The van der Waals surface area contributed by atoms with E-state index in [4.69, 9.17) is 21.1 Å². The molecule has 3 rings (SSSR count). The summed E-state index contributed by atoms with van der Waals surface area (Å²) in [7, 11) is 2.39. The van der Waals surface area contributed by atoms with E-state index in [0.717, 1.165) is 0 Å². The number of Topliss-reactive ketones (excluding diaryl/α,β-unsaturated/α-hetero) is 1. The normalized spacial score (nSPS) is 16.1. The molecule has 1 aliphatic heterocycles. The average Bonchev–Trinajstić information content (AvgIpc) is 3.26. The molecule has 0 amide bonds. The third-order valence-corrected chi connectivity index (χ3v) is 5.05. The number of hydrazone groups is 1. The van der Waals surface area contributed by atoms with Crippen LogP contribution in [0, 0.1) is 0 Å². The number of carbonyl (C=O) groups is 3. The molecule has 0 aliphatic carbocycles. The molecule has 144 valence electrons. The highest BCUT2D eigenvalue weighted by Crippen LogP contribution is 2.29. The van der Waals surface area contributed by atoms with Gasteiger partial charge >= 0.3 is 11.9 Å². The Balaban J connectivity index is 2.17. The Morgan fingerprint density at radius 3 is 2.54 bits per heavy atom. The van der Waals surface area contributed by atoms with E-state index in [-0.39, 0.29) is 17.1 Å². The summed E-state index contributed by atoms with van der Waals surface area (Å²) in [6.45, 7) is 0. The van der Waals surface area contributed by atoms with Crippen LogP contribution in [-0.4, -0.2) is 43.7 Å². The van der Waals surface area contributed by atoms with Crippen molar-refractivity contribution in [1.29, 1.82) is 0 Å². The summed E-state index contributed by atoms with van der Waals surface area (Å²) in [5.74, 6) is -1.89. The Labute approximate surface area is 169 Å². The first-order valence-electron chi connectivity index (χ1n) is 8.05. The van der Waals surface area contributed by atoms with E-state index in [2.05, 4.69) is 5.10 Å². The lowest BCUT2D eigenvalue weighted by atomic mass is 10.0. The maximum Gasteiger partial charge on any atom is 0.336 e. The zero-order valence-corrected chi connectivity index (χ0v) is 16.5. The van der Waals surface area contributed by atoms with Gasteiger partial charge in [-0.1, -0.05) is 23.7 Å². The molecule has 0 bridgehead atoms. The lowest BCUT2D eigenvalue weighted by Gasteiger charge is -2.31. The van der Waals surface area contributed by atoms with Gasteiger partial charge in [0.25, 0.3) is 0 Å². The molecular formula is C19H15ClN2O5S. The number of thiophene rings is 1. The molecular weight excluding hydrogens is 404 g/mol. The van der Waals surface area contributed by atoms with Gasteiger partial charge in [-0.25, -0.2) is 14.6 Å². The average molecular weight is 419 g/mol. The molecule has 0 fully saturated rings.